The van der Waals surface area contributed by atoms with Crippen LogP contribution in [0, 0.1) is 0 Å². The Morgan fingerprint density at radius 1 is 1.40 bits per heavy atom. The van der Waals surface area contributed by atoms with E-state index in [9.17, 15) is 9.59 Å². The Kier molecular flexibility index (Phi) is 5.77. The molecule has 0 saturated carbocycles. The van der Waals surface area contributed by atoms with Crippen molar-refractivity contribution in [3.05, 3.63) is 12.2 Å². The largest absolute Gasteiger partial charge is 0.411 e. The summed E-state index contributed by atoms with van der Waals surface area (Å²) in [5, 5.41) is 11.2. The van der Waals surface area contributed by atoms with Crippen molar-refractivity contribution in [3.8, 4) is 0 Å². The lowest BCUT2D eigenvalue weighted by Crippen LogP contribution is -2.27. The van der Waals surface area contributed by atoms with Crippen molar-refractivity contribution in [2.75, 3.05) is 0 Å². The van der Waals surface area contributed by atoms with Gasteiger partial charge in [-0.05, 0) is 20.3 Å². The molecule has 0 radical (unpaired) electrons. The second-order valence-corrected chi connectivity index (χ2v) is 3.03. The van der Waals surface area contributed by atoms with Gasteiger partial charge >= 0.3 is 5.97 Å². The van der Waals surface area contributed by atoms with Crippen LogP contribution in [0.5, 0.6) is 0 Å². The smallest absolute Gasteiger partial charge is 0.358 e. The molecular formula is C9H14N2O4. The molecule has 84 valence electrons. The molecule has 0 aromatic rings. The second-order valence-electron chi connectivity index (χ2n) is 3.03. The number of nitrogens with zero attached hydrogens (tertiary/aromatic N) is 1. The summed E-state index contributed by atoms with van der Waals surface area (Å²) in [6.07, 6.45) is 0.381. The van der Waals surface area contributed by atoms with E-state index >= 15 is 0 Å². The third kappa shape index (κ3) is 6.25. The lowest BCUT2D eigenvalue weighted by Gasteiger charge is -2.04. The van der Waals surface area contributed by atoms with Crippen molar-refractivity contribution in [1.29, 1.82) is 0 Å². The van der Waals surface area contributed by atoms with Crippen LogP contribution in [-0.2, 0) is 14.4 Å². The Labute approximate surface area is 87.6 Å². The van der Waals surface area contributed by atoms with Crippen LogP contribution >= 0.6 is 0 Å². The molecule has 0 atom stereocenters. The van der Waals surface area contributed by atoms with Crippen LogP contribution in [0.4, 0.5) is 0 Å². The molecule has 0 aromatic carbocycles. The minimum absolute atomic E-state index is 0.0827. The highest BCUT2D eigenvalue weighted by Gasteiger charge is 2.07. The molecule has 2 N–H and O–H groups in total. The van der Waals surface area contributed by atoms with Gasteiger partial charge in [0.25, 0.3) is 5.91 Å². The van der Waals surface area contributed by atoms with Crippen molar-refractivity contribution >= 4 is 17.6 Å². The molecule has 0 saturated heterocycles. The molecule has 0 heterocycles. The Balaban J connectivity index is 3.76. The summed E-state index contributed by atoms with van der Waals surface area (Å²) in [4.78, 5) is 26.3. The Morgan fingerprint density at radius 2 is 2.00 bits per heavy atom. The van der Waals surface area contributed by atoms with E-state index < -0.39 is 11.9 Å². The average molecular weight is 214 g/mol. The first-order chi connectivity index (χ1) is 6.97. The summed E-state index contributed by atoms with van der Waals surface area (Å²) in [6.45, 7) is 6.39. The predicted octanol–water partition coefficient (Wildman–Crippen LogP) is 0.767. The molecule has 0 bridgehead atoms. The molecule has 0 unspecified atom stereocenters. The van der Waals surface area contributed by atoms with Gasteiger partial charge in [-0.15, -0.1) is 0 Å². The number of carbonyl (C=O) groups is 2. The van der Waals surface area contributed by atoms with Gasteiger partial charge in [0.1, 0.15) is 0 Å². The predicted molar refractivity (Wildman–Crippen MR) is 53.2 cm³/mol. The van der Waals surface area contributed by atoms with Gasteiger partial charge < -0.3 is 10.0 Å². The monoisotopic (exact) mass is 214 g/mol. The number of hydrogen-bond donors (Lipinski definition) is 2. The molecule has 6 nitrogen and oxygen atoms in total. The number of hydrogen-bond acceptors (Lipinski definition) is 5. The van der Waals surface area contributed by atoms with Crippen LogP contribution in [0.1, 0.15) is 26.7 Å². The average Bonchev–Trinajstić information content (AvgIpc) is 2.21. The third-order valence-electron chi connectivity index (χ3n) is 1.49. The maximum absolute atomic E-state index is 11.0. The fraction of sp³-hybridized carbons (Fsp3) is 0.444. The van der Waals surface area contributed by atoms with Gasteiger partial charge in [0.15, 0.2) is 0 Å². The standard InChI is InChI=1S/C9H14N2O4/c1-6(2)9(13)15-11-8(12)5-4-7(3)10-14/h14H,1,4-5H2,2-3H3,(H,11,12). The van der Waals surface area contributed by atoms with Crippen LogP contribution < -0.4 is 5.48 Å². The second kappa shape index (κ2) is 6.58. The molecule has 15 heavy (non-hydrogen) atoms. The van der Waals surface area contributed by atoms with Crippen molar-refractivity contribution in [3.63, 3.8) is 0 Å². The Morgan fingerprint density at radius 3 is 2.47 bits per heavy atom. The van der Waals surface area contributed by atoms with Gasteiger partial charge in [-0.2, -0.15) is 5.48 Å². The highest BCUT2D eigenvalue weighted by atomic mass is 16.7. The summed E-state index contributed by atoms with van der Waals surface area (Å²) < 4.78 is 0. The van der Waals surface area contributed by atoms with E-state index in [2.05, 4.69) is 16.6 Å². The van der Waals surface area contributed by atoms with Gasteiger partial charge in [-0.3, -0.25) is 4.79 Å². The lowest BCUT2D eigenvalue weighted by molar-refractivity contribution is -0.154. The van der Waals surface area contributed by atoms with Crippen LogP contribution in [0.25, 0.3) is 0 Å². The summed E-state index contributed by atoms with van der Waals surface area (Å²) >= 11 is 0. The van der Waals surface area contributed by atoms with Crippen LogP contribution in [-0.4, -0.2) is 22.8 Å². The summed E-state index contributed by atoms with van der Waals surface area (Å²) in [7, 11) is 0. The third-order valence-corrected chi connectivity index (χ3v) is 1.49. The molecule has 0 rings (SSSR count). The maximum atomic E-state index is 11.0. The van der Waals surface area contributed by atoms with Crippen molar-refractivity contribution in [1.82, 2.24) is 5.48 Å². The summed E-state index contributed by atoms with van der Waals surface area (Å²) in [5.74, 6) is -1.15. The fourth-order valence-corrected chi connectivity index (χ4v) is 0.586. The number of nitrogens with one attached hydrogen (secondary N) is 1. The number of oxime groups is 1. The minimum Gasteiger partial charge on any atom is -0.411 e. The molecule has 6 heteroatoms. The van der Waals surface area contributed by atoms with Gasteiger partial charge in [0, 0.05) is 12.0 Å². The van der Waals surface area contributed by atoms with E-state index in [4.69, 9.17) is 5.21 Å². The first kappa shape index (κ1) is 13.2. The Bertz CT molecular complexity index is 296. The van der Waals surface area contributed by atoms with E-state index in [0.29, 0.717) is 12.1 Å². The number of carbonyl (C=O) groups excluding carboxylic acids is 2. The lowest BCUT2D eigenvalue weighted by atomic mass is 10.2. The number of amides is 1. The summed E-state index contributed by atoms with van der Waals surface area (Å²) in [6, 6.07) is 0. The van der Waals surface area contributed by atoms with Crippen molar-refractivity contribution in [2.45, 2.75) is 26.7 Å². The fourth-order valence-electron chi connectivity index (χ4n) is 0.586. The van der Waals surface area contributed by atoms with Gasteiger partial charge in [-0.25, -0.2) is 4.79 Å². The maximum Gasteiger partial charge on any atom is 0.358 e. The van der Waals surface area contributed by atoms with Gasteiger partial charge in [0.05, 0.1) is 5.71 Å². The Hall–Kier alpha value is -1.85. The molecule has 1 amide bonds. The highest BCUT2D eigenvalue weighted by molar-refractivity contribution is 5.89. The van der Waals surface area contributed by atoms with E-state index in [-0.39, 0.29) is 12.0 Å². The zero-order valence-electron chi connectivity index (χ0n) is 8.74. The van der Waals surface area contributed by atoms with Gasteiger partial charge in [0.2, 0.25) is 0 Å². The van der Waals surface area contributed by atoms with Crippen molar-refractivity contribution in [2.24, 2.45) is 5.16 Å². The summed E-state index contributed by atoms with van der Waals surface area (Å²) in [5.41, 5.74) is 2.58. The molecule has 0 aliphatic heterocycles. The molecule has 0 aliphatic carbocycles. The zero-order valence-corrected chi connectivity index (χ0v) is 8.74. The van der Waals surface area contributed by atoms with E-state index in [0.717, 1.165) is 0 Å². The molecule has 0 aliphatic rings. The molecule has 0 fully saturated rings. The topological polar surface area (TPSA) is 88.0 Å². The highest BCUT2D eigenvalue weighted by Crippen LogP contribution is 1.94. The van der Waals surface area contributed by atoms with E-state index in [1.165, 1.54) is 6.92 Å². The normalized spacial score (nSPS) is 10.7. The zero-order chi connectivity index (χ0) is 11.8. The van der Waals surface area contributed by atoms with E-state index in [1.807, 2.05) is 5.48 Å². The van der Waals surface area contributed by atoms with E-state index in [1.54, 1.807) is 6.92 Å². The molecule has 0 spiro atoms. The molecule has 0 aromatic heterocycles. The van der Waals surface area contributed by atoms with Crippen LogP contribution in [0.2, 0.25) is 0 Å². The number of hydroxylamine groups is 1. The SMILES string of the molecule is C=C(C)C(=O)ONC(=O)CCC(C)=NO. The molecular weight excluding hydrogens is 200 g/mol. The van der Waals surface area contributed by atoms with Crippen molar-refractivity contribution < 1.29 is 19.6 Å². The van der Waals surface area contributed by atoms with Crippen LogP contribution in [0.3, 0.4) is 0 Å². The minimum atomic E-state index is -0.684. The van der Waals surface area contributed by atoms with Gasteiger partial charge in [-0.1, -0.05) is 11.7 Å². The first-order valence-electron chi connectivity index (χ1n) is 4.30. The quantitative estimate of drug-likeness (QED) is 0.313. The number of rotatable bonds is 4. The first-order valence-corrected chi connectivity index (χ1v) is 4.30. The van der Waals surface area contributed by atoms with Crippen LogP contribution in [0.15, 0.2) is 17.3 Å².